The van der Waals surface area contributed by atoms with Gasteiger partial charge in [-0.05, 0) is 18.2 Å². The molecular weight excluding hydrogens is 279 g/mol. The Hall–Kier alpha value is -1.10. The van der Waals surface area contributed by atoms with E-state index in [0.29, 0.717) is 25.8 Å². The van der Waals surface area contributed by atoms with Crippen LogP contribution in [0.3, 0.4) is 0 Å². The third-order valence-corrected chi connectivity index (χ3v) is 3.40. The summed E-state index contributed by atoms with van der Waals surface area (Å²) in [6.45, 7) is 0. The maximum absolute atomic E-state index is 12.2. The van der Waals surface area contributed by atoms with Crippen LogP contribution in [0.1, 0.15) is 15.9 Å². The number of nitrogens with one attached hydrogen (secondary N) is 1. The quantitative estimate of drug-likeness (QED) is 0.676. The van der Waals surface area contributed by atoms with E-state index < -0.39 is 0 Å². The molecule has 0 aliphatic carbocycles. The van der Waals surface area contributed by atoms with Crippen LogP contribution in [0.4, 0.5) is 0 Å². The summed E-state index contributed by atoms with van der Waals surface area (Å²) < 4.78 is 2.04. The first-order valence-corrected chi connectivity index (χ1v) is 5.91. The minimum Gasteiger partial charge on any atom is -0.304 e. The Balaban J connectivity index is 2.51. The van der Waals surface area contributed by atoms with E-state index in [1.807, 2.05) is 0 Å². The third kappa shape index (κ3) is 2.29. The number of aryl methyl sites for hydroxylation is 1. The average Bonchev–Trinajstić information content (AvgIpc) is 2.59. The van der Waals surface area contributed by atoms with Crippen LogP contribution >= 0.6 is 35.4 Å². The lowest BCUT2D eigenvalue weighted by Crippen LogP contribution is -2.02. The molecule has 0 unspecified atom stereocenters. The SMILES string of the molecule is Cn1[nH]cc(C(=O)c2ccc(Cl)cc2Cl)c1=S. The van der Waals surface area contributed by atoms with Gasteiger partial charge in [0.05, 0.1) is 10.6 Å². The highest BCUT2D eigenvalue weighted by molar-refractivity contribution is 7.71. The molecular formula is C11H8Cl2N2OS. The van der Waals surface area contributed by atoms with Crippen molar-refractivity contribution in [3.8, 4) is 0 Å². The van der Waals surface area contributed by atoms with Crippen molar-refractivity contribution in [2.75, 3.05) is 0 Å². The zero-order chi connectivity index (χ0) is 12.6. The molecule has 2 rings (SSSR count). The molecule has 0 saturated heterocycles. The molecule has 1 aromatic heterocycles. The Bertz CT molecular complexity index is 645. The van der Waals surface area contributed by atoms with Crippen LogP contribution in [0.5, 0.6) is 0 Å². The molecule has 17 heavy (non-hydrogen) atoms. The summed E-state index contributed by atoms with van der Waals surface area (Å²) in [6, 6.07) is 4.75. The van der Waals surface area contributed by atoms with E-state index in [9.17, 15) is 4.79 Å². The van der Waals surface area contributed by atoms with Crippen molar-refractivity contribution < 1.29 is 4.79 Å². The van der Waals surface area contributed by atoms with Gasteiger partial charge >= 0.3 is 0 Å². The van der Waals surface area contributed by atoms with Crippen LogP contribution in [0.2, 0.25) is 10.0 Å². The van der Waals surface area contributed by atoms with Crippen LogP contribution in [-0.4, -0.2) is 15.6 Å². The van der Waals surface area contributed by atoms with E-state index in [1.54, 1.807) is 30.1 Å². The molecule has 1 aromatic carbocycles. The number of aromatic amines is 1. The van der Waals surface area contributed by atoms with Crippen molar-refractivity contribution in [3.63, 3.8) is 0 Å². The second-order valence-corrected chi connectivity index (χ2v) is 4.73. The van der Waals surface area contributed by atoms with Crippen LogP contribution in [0, 0.1) is 4.64 Å². The van der Waals surface area contributed by atoms with Gasteiger partial charge < -0.3 is 5.10 Å². The molecule has 3 nitrogen and oxygen atoms in total. The first kappa shape index (κ1) is 12.4. The molecule has 0 fully saturated rings. The molecule has 6 heteroatoms. The summed E-state index contributed by atoms with van der Waals surface area (Å²) in [6.07, 6.45) is 1.57. The largest absolute Gasteiger partial charge is 0.304 e. The fourth-order valence-electron chi connectivity index (χ4n) is 1.44. The first-order valence-electron chi connectivity index (χ1n) is 4.75. The molecule has 0 aliphatic rings. The molecule has 0 aliphatic heterocycles. The molecule has 88 valence electrons. The van der Waals surface area contributed by atoms with Crippen LogP contribution in [-0.2, 0) is 7.05 Å². The summed E-state index contributed by atoms with van der Waals surface area (Å²) in [5.74, 6) is -0.214. The Morgan fingerprint density at radius 2 is 2.06 bits per heavy atom. The molecule has 2 aromatic rings. The predicted octanol–water partition coefficient (Wildman–Crippen LogP) is 3.62. The molecule has 0 saturated carbocycles. The molecule has 0 atom stereocenters. The Labute approximate surface area is 113 Å². The number of benzene rings is 1. The van der Waals surface area contributed by atoms with Crippen molar-refractivity contribution in [1.82, 2.24) is 9.78 Å². The number of H-pyrrole nitrogens is 1. The molecule has 1 heterocycles. The van der Waals surface area contributed by atoms with Gasteiger partial charge in [0.1, 0.15) is 4.64 Å². The van der Waals surface area contributed by atoms with E-state index >= 15 is 0 Å². The topological polar surface area (TPSA) is 37.8 Å². The Kier molecular flexibility index (Phi) is 3.38. The molecule has 1 N–H and O–H groups in total. The monoisotopic (exact) mass is 286 g/mol. The second-order valence-electron chi connectivity index (χ2n) is 3.50. The minimum atomic E-state index is -0.214. The van der Waals surface area contributed by atoms with E-state index in [4.69, 9.17) is 35.4 Å². The van der Waals surface area contributed by atoms with Gasteiger partial charge in [-0.3, -0.25) is 9.48 Å². The number of nitrogens with zero attached hydrogens (tertiary/aromatic N) is 1. The highest BCUT2D eigenvalue weighted by Gasteiger charge is 2.16. The first-order chi connectivity index (χ1) is 8.00. The molecule has 0 bridgehead atoms. The van der Waals surface area contributed by atoms with E-state index in [2.05, 4.69) is 5.10 Å². The molecule has 0 radical (unpaired) electrons. The number of halogens is 2. The van der Waals surface area contributed by atoms with E-state index in [0.717, 1.165) is 0 Å². The lowest BCUT2D eigenvalue weighted by Gasteiger charge is -2.01. The minimum absolute atomic E-state index is 0.214. The van der Waals surface area contributed by atoms with Crippen molar-refractivity contribution in [2.24, 2.45) is 7.05 Å². The Morgan fingerprint density at radius 3 is 2.59 bits per heavy atom. The summed E-state index contributed by atoms with van der Waals surface area (Å²) in [5.41, 5.74) is 0.813. The lowest BCUT2D eigenvalue weighted by atomic mass is 10.1. The van der Waals surface area contributed by atoms with Gasteiger partial charge in [-0.2, -0.15) is 0 Å². The van der Waals surface area contributed by atoms with Crippen LogP contribution in [0.25, 0.3) is 0 Å². The fourth-order valence-corrected chi connectivity index (χ4v) is 2.14. The fraction of sp³-hybridized carbons (Fsp3) is 0.0909. The van der Waals surface area contributed by atoms with Crippen molar-refractivity contribution in [1.29, 1.82) is 0 Å². The smallest absolute Gasteiger partial charge is 0.199 e. The zero-order valence-corrected chi connectivity index (χ0v) is 11.2. The van der Waals surface area contributed by atoms with Crippen molar-refractivity contribution in [2.45, 2.75) is 0 Å². The number of carbonyl (C=O) groups is 1. The molecule has 0 spiro atoms. The zero-order valence-electron chi connectivity index (χ0n) is 8.83. The Morgan fingerprint density at radius 1 is 1.35 bits per heavy atom. The summed E-state index contributed by atoms with van der Waals surface area (Å²) in [5, 5.41) is 3.65. The number of hydrogen-bond donors (Lipinski definition) is 1. The maximum Gasteiger partial charge on any atom is 0.199 e. The van der Waals surface area contributed by atoms with Crippen molar-refractivity contribution in [3.05, 3.63) is 50.2 Å². The van der Waals surface area contributed by atoms with Crippen LogP contribution < -0.4 is 0 Å². The lowest BCUT2D eigenvalue weighted by molar-refractivity contribution is 0.103. The number of carbonyl (C=O) groups excluding carboxylic acids is 1. The van der Waals surface area contributed by atoms with Gasteiger partial charge in [0.15, 0.2) is 5.78 Å². The number of hydrogen-bond acceptors (Lipinski definition) is 2. The average molecular weight is 287 g/mol. The summed E-state index contributed by atoms with van der Waals surface area (Å²) in [7, 11) is 1.74. The normalized spacial score (nSPS) is 10.5. The highest BCUT2D eigenvalue weighted by Crippen LogP contribution is 2.23. The highest BCUT2D eigenvalue weighted by atomic mass is 35.5. The predicted molar refractivity (Wildman–Crippen MR) is 70.5 cm³/mol. The van der Waals surface area contributed by atoms with Crippen molar-refractivity contribution >= 4 is 41.2 Å². The van der Waals surface area contributed by atoms with Gasteiger partial charge in [0.2, 0.25) is 0 Å². The van der Waals surface area contributed by atoms with Gasteiger partial charge in [-0.1, -0.05) is 35.4 Å². The van der Waals surface area contributed by atoms with E-state index in [-0.39, 0.29) is 5.78 Å². The van der Waals surface area contributed by atoms with Gasteiger partial charge in [-0.25, -0.2) is 0 Å². The number of ketones is 1. The van der Waals surface area contributed by atoms with Crippen LogP contribution in [0.15, 0.2) is 24.4 Å². The van der Waals surface area contributed by atoms with Gasteiger partial charge in [0, 0.05) is 23.8 Å². The van der Waals surface area contributed by atoms with Gasteiger partial charge in [0.25, 0.3) is 0 Å². The number of aromatic nitrogens is 2. The summed E-state index contributed by atoms with van der Waals surface area (Å²) in [4.78, 5) is 12.2. The summed E-state index contributed by atoms with van der Waals surface area (Å²) >= 11 is 16.9. The van der Waals surface area contributed by atoms with Gasteiger partial charge in [-0.15, -0.1) is 0 Å². The standard InChI is InChI=1S/C11H8Cl2N2OS/c1-15-11(17)8(5-14-15)10(16)7-3-2-6(12)4-9(7)13/h2-5,14H,1H3. The third-order valence-electron chi connectivity index (χ3n) is 2.36. The van der Waals surface area contributed by atoms with E-state index in [1.165, 1.54) is 6.07 Å². The second kappa shape index (κ2) is 4.64. The maximum atomic E-state index is 12.2. The number of rotatable bonds is 2. The molecule has 0 amide bonds.